The number of piperidine rings is 1. The van der Waals surface area contributed by atoms with Crippen molar-refractivity contribution in [2.45, 2.75) is 25.4 Å². The summed E-state index contributed by atoms with van der Waals surface area (Å²) in [5.41, 5.74) is 1.19. The van der Waals surface area contributed by atoms with Crippen LogP contribution >= 0.6 is 15.9 Å². The van der Waals surface area contributed by atoms with E-state index in [0.717, 1.165) is 36.2 Å². The second kappa shape index (κ2) is 6.73. The van der Waals surface area contributed by atoms with Crippen LogP contribution in [0.15, 0.2) is 28.7 Å². The molecule has 1 aromatic carbocycles. The van der Waals surface area contributed by atoms with Gasteiger partial charge in [0.2, 0.25) is 0 Å². The first-order chi connectivity index (χ1) is 9.13. The number of rotatable bonds is 5. The minimum Gasteiger partial charge on any atom is -0.383 e. The lowest BCUT2D eigenvalue weighted by molar-refractivity contribution is -0.0496. The van der Waals surface area contributed by atoms with Crippen LogP contribution in [0.2, 0.25) is 0 Å². The zero-order chi connectivity index (χ0) is 13.7. The normalized spacial score (nSPS) is 24.4. The molecule has 1 aromatic rings. The highest BCUT2D eigenvalue weighted by atomic mass is 79.9. The minimum absolute atomic E-state index is 0.0333. The van der Waals surface area contributed by atoms with Crippen molar-refractivity contribution < 1.29 is 4.74 Å². The Kier molecular flexibility index (Phi) is 5.25. The Morgan fingerprint density at radius 3 is 2.95 bits per heavy atom. The maximum Gasteiger partial charge on any atom is 0.0777 e. The van der Waals surface area contributed by atoms with E-state index in [1.54, 1.807) is 0 Å². The van der Waals surface area contributed by atoms with Crippen molar-refractivity contribution in [1.82, 2.24) is 4.90 Å². The van der Waals surface area contributed by atoms with E-state index >= 15 is 0 Å². The van der Waals surface area contributed by atoms with E-state index < -0.39 is 0 Å². The van der Waals surface area contributed by atoms with Crippen molar-refractivity contribution in [1.29, 1.82) is 0 Å². The largest absolute Gasteiger partial charge is 0.383 e. The number of benzene rings is 1. The molecule has 1 unspecified atom stereocenters. The third kappa shape index (κ3) is 4.20. The van der Waals surface area contributed by atoms with Gasteiger partial charge in [0.05, 0.1) is 5.60 Å². The summed E-state index contributed by atoms with van der Waals surface area (Å²) in [5, 5.41) is 3.48. The van der Waals surface area contributed by atoms with Crippen molar-refractivity contribution in [3.63, 3.8) is 0 Å². The predicted octanol–water partition coefficient (Wildman–Crippen LogP) is 3.36. The van der Waals surface area contributed by atoms with Crippen molar-refractivity contribution in [2.75, 3.05) is 38.6 Å². The number of methoxy groups -OCH3 is 1. The second-order valence-electron chi connectivity index (χ2n) is 5.44. The maximum atomic E-state index is 5.62. The molecule has 1 aliphatic rings. The van der Waals surface area contributed by atoms with Crippen LogP contribution in [0.5, 0.6) is 0 Å². The van der Waals surface area contributed by atoms with Crippen LogP contribution in [0, 0.1) is 0 Å². The zero-order valence-electron chi connectivity index (χ0n) is 11.8. The van der Waals surface area contributed by atoms with E-state index in [2.05, 4.69) is 51.3 Å². The molecule has 0 amide bonds. The zero-order valence-corrected chi connectivity index (χ0v) is 13.4. The van der Waals surface area contributed by atoms with Crippen molar-refractivity contribution in [3.8, 4) is 0 Å². The lowest BCUT2D eigenvalue weighted by atomic mass is 9.95. The molecule has 1 fully saturated rings. The number of para-hydroxylation sites is 1. The Balaban J connectivity index is 1.78. The number of nitrogens with zero attached hydrogens (tertiary/aromatic N) is 1. The molecule has 1 heterocycles. The van der Waals surface area contributed by atoms with E-state index in [0.29, 0.717) is 0 Å². The average molecular weight is 327 g/mol. The molecule has 2 rings (SSSR count). The molecule has 0 bridgehead atoms. The third-order valence-electron chi connectivity index (χ3n) is 3.85. The van der Waals surface area contributed by atoms with Gasteiger partial charge in [0.15, 0.2) is 0 Å². The number of hydrogen-bond acceptors (Lipinski definition) is 3. The molecule has 19 heavy (non-hydrogen) atoms. The fourth-order valence-electron chi connectivity index (χ4n) is 2.62. The Hall–Kier alpha value is -0.580. The monoisotopic (exact) mass is 326 g/mol. The van der Waals surface area contributed by atoms with Gasteiger partial charge in [-0.05, 0) is 54.4 Å². The summed E-state index contributed by atoms with van der Waals surface area (Å²) >= 11 is 3.56. The molecule has 1 aliphatic heterocycles. The number of anilines is 1. The number of ether oxygens (including phenoxy) is 1. The summed E-state index contributed by atoms with van der Waals surface area (Å²) in [6.07, 6.45) is 2.39. The molecule has 1 N–H and O–H groups in total. The summed E-state index contributed by atoms with van der Waals surface area (Å²) in [6, 6.07) is 8.24. The fraction of sp³-hybridized carbons (Fsp3) is 0.600. The fourth-order valence-corrected chi connectivity index (χ4v) is 3.04. The summed E-state index contributed by atoms with van der Waals surface area (Å²) in [4.78, 5) is 2.48. The lowest BCUT2D eigenvalue weighted by Gasteiger charge is -2.39. The highest BCUT2D eigenvalue weighted by molar-refractivity contribution is 9.10. The van der Waals surface area contributed by atoms with Crippen LogP contribution in [0.25, 0.3) is 0 Å². The molecule has 106 valence electrons. The van der Waals surface area contributed by atoms with Crippen molar-refractivity contribution in [2.24, 2.45) is 0 Å². The number of likely N-dealkylation sites (tertiary alicyclic amines) is 1. The van der Waals surface area contributed by atoms with Crippen LogP contribution in [0.1, 0.15) is 19.8 Å². The molecular formula is C15H23BrN2O. The van der Waals surface area contributed by atoms with E-state index in [1.165, 1.54) is 13.0 Å². The van der Waals surface area contributed by atoms with Crippen molar-refractivity contribution >= 4 is 21.6 Å². The quantitative estimate of drug-likeness (QED) is 0.897. The van der Waals surface area contributed by atoms with Gasteiger partial charge in [0.1, 0.15) is 0 Å². The molecule has 4 heteroatoms. The summed E-state index contributed by atoms with van der Waals surface area (Å²) in [7, 11) is 1.82. The van der Waals surface area contributed by atoms with Gasteiger partial charge in [-0.3, -0.25) is 4.90 Å². The number of hydrogen-bond donors (Lipinski definition) is 1. The third-order valence-corrected chi connectivity index (χ3v) is 4.54. The maximum absolute atomic E-state index is 5.62. The van der Waals surface area contributed by atoms with Crippen LogP contribution in [-0.4, -0.2) is 43.8 Å². The van der Waals surface area contributed by atoms with Crippen LogP contribution < -0.4 is 5.32 Å². The van der Waals surface area contributed by atoms with Crippen LogP contribution in [0.4, 0.5) is 5.69 Å². The smallest absolute Gasteiger partial charge is 0.0777 e. The summed E-state index contributed by atoms with van der Waals surface area (Å²) in [6.45, 7) is 6.43. The Bertz CT molecular complexity index is 413. The van der Waals surface area contributed by atoms with Crippen LogP contribution in [-0.2, 0) is 4.74 Å². The van der Waals surface area contributed by atoms with E-state index in [-0.39, 0.29) is 5.60 Å². The minimum atomic E-state index is 0.0333. The van der Waals surface area contributed by atoms with E-state index in [9.17, 15) is 0 Å². The van der Waals surface area contributed by atoms with Gasteiger partial charge in [-0.2, -0.15) is 0 Å². The van der Waals surface area contributed by atoms with Gasteiger partial charge in [0.25, 0.3) is 0 Å². The molecule has 0 spiro atoms. The van der Waals surface area contributed by atoms with Gasteiger partial charge >= 0.3 is 0 Å². The first-order valence-electron chi connectivity index (χ1n) is 6.89. The Morgan fingerprint density at radius 2 is 2.21 bits per heavy atom. The molecule has 3 nitrogen and oxygen atoms in total. The number of nitrogens with one attached hydrogen (secondary N) is 1. The van der Waals surface area contributed by atoms with Crippen molar-refractivity contribution in [3.05, 3.63) is 28.7 Å². The first kappa shape index (κ1) is 14.8. The average Bonchev–Trinajstić information content (AvgIpc) is 2.41. The van der Waals surface area contributed by atoms with Gasteiger partial charge in [-0.25, -0.2) is 0 Å². The number of halogens is 1. The lowest BCUT2D eigenvalue weighted by Crippen LogP contribution is -2.48. The Labute approximate surface area is 124 Å². The molecule has 0 aromatic heterocycles. The van der Waals surface area contributed by atoms with E-state index in [4.69, 9.17) is 4.74 Å². The summed E-state index contributed by atoms with van der Waals surface area (Å²) < 4.78 is 6.74. The van der Waals surface area contributed by atoms with Gasteiger partial charge < -0.3 is 10.1 Å². The highest BCUT2D eigenvalue weighted by Gasteiger charge is 2.30. The molecular weight excluding hydrogens is 304 g/mol. The highest BCUT2D eigenvalue weighted by Crippen LogP contribution is 2.24. The Morgan fingerprint density at radius 1 is 1.42 bits per heavy atom. The standard InChI is InChI=1S/C15H23BrN2O/c1-15(19-2)8-5-10-18(12-15)11-9-17-14-7-4-3-6-13(14)16/h3-4,6-7,17H,5,8-12H2,1-2H3. The SMILES string of the molecule is COC1(C)CCCN(CCNc2ccccc2Br)C1. The van der Waals surface area contributed by atoms with Crippen LogP contribution in [0.3, 0.4) is 0 Å². The van der Waals surface area contributed by atoms with Gasteiger partial charge in [-0.1, -0.05) is 12.1 Å². The van der Waals surface area contributed by atoms with E-state index in [1.807, 2.05) is 13.2 Å². The molecule has 1 saturated heterocycles. The van der Waals surface area contributed by atoms with Gasteiger partial charge in [0, 0.05) is 36.9 Å². The molecule has 0 aliphatic carbocycles. The summed E-state index contributed by atoms with van der Waals surface area (Å²) in [5.74, 6) is 0. The second-order valence-corrected chi connectivity index (χ2v) is 6.29. The van der Waals surface area contributed by atoms with Gasteiger partial charge in [-0.15, -0.1) is 0 Å². The molecule has 1 atom stereocenters. The predicted molar refractivity (Wildman–Crippen MR) is 83.7 cm³/mol. The molecule has 0 saturated carbocycles. The first-order valence-corrected chi connectivity index (χ1v) is 7.68. The molecule has 0 radical (unpaired) electrons. The topological polar surface area (TPSA) is 24.5 Å².